The van der Waals surface area contributed by atoms with Gasteiger partial charge in [-0.3, -0.25) is 4.79 Å². The summed E-state index contributed by atoms with van der Waals surface area (Å²) in [6.45, 7) is 0.307. The first-order chi connectivity index (χ1) is 11.6. The number of hydrogen-bond acceptors (Lipinski definition) is 4. The molecule has 24 heavy (non-hydrogen) atoms. The van der Waals surface area contributed by atoms with Crippen molar-refractivity contribution in [2.75, 3.05) is 0 Å². The van der Waals surface area contributed by atoms with E-state index in [0.29, 0.717) is 6.54 Å². The van der Waals surface area contributed by atoms with Gasteiger partial charge >= 0.3 is 6.16 Å². The van der Waals surface area contributed by atoms with Gasteiger partial charge in [0.15, 0.2) is 0 Å². The largest absolute Gasteiger partial charge is 0.512 e. The molecule has 0 aliphatic heterocycles. The zero-order chi connectivity index (χ0) is 16.9. The van der Waals surface area contributed by atoms with Crippen molar-refractivity contribution in [3.8, 4) is 5.88 Å². The molecule has 0 radical (unpaired) electrons. The average Bonchev–Trinajstić information content (AvgIpc) is 2.59. The van der Waals surface area contributed by atoms with Crippen molar-refractivity contribution in [3.05, 3.63) is 71.9 Å². The molecule has 2 N–H and O–H groups in total. The highest BCUT2D eigenvalue weighted by Gasteiger charge is 2.16. The minimum absolute atomic E-state index is 0.0696. The van der Waals surface area contributed by atoms with E-state index in [1.807, 2.05) is 42.5 Å². The maximum atomic E-state index is 12.3. The van der Waals surface area contributed by atoms with Crippen LogP contribution in [0.3, 0.4) is 0 Å². The Kier molecular flexibility index (Phi) is 4.38. The van der Waals surface area contributed by atoms with E-state index in [2.05, 4.69) is 15.0 Å². The van der Waals surface area contributed by atoms with E-state index < -0.39 is 12.1 Å². The van der Waals surface area contributed by atoms with Gasteiger partial charge in [0.05, 0.1) is 0 Å². The molecule has 0 unspecified atom stereocenters. The van der Waals surface area contributed by atoms with Gasteiger partial charge in [-0.1, -0.05) is 42.5 Å². The van der Waals surface area contributed by atoms with Gasteiger partial charge in [0, 0.05) is 12.7 Å². The Morgan fingerprint density at radius 3 is 2.67 bits per heavy atom. The van der Waals surface area contributed by atoms with Crippen LogP contribution in [-0.4, -0.2) is 22.2 Å². The van der Waals surface area contributed by atoms with E-state index in [4.69, 9.17) is 5.11 Å². The van der Waals surface area contributed by atoms with Gasteiger partial charge in [-0.2, -0.15) is 0 Å². The predicted octanol–water partition coefficient (Wildman–Crippen LogP) is 3.22. The van der Waals surface area contributed by atoms with Crippen molar-refractivity contribution in [2.45, 2.75) is 6.54 Å². The number of rotatable bonds is 4. The lowest BCUT2D eigenvalue weighted by atomic mass is 10.0. The Bertz CT molecular complexity index is 903. The predicted molar refractivity (Wildman–Crippen MR) is 88.0 cm³/mol. The van der Waals surface area contributed by atoms with Crippen molar-refractivity contribution in [1.82, 2.24) is 10.3 Å². The van der Waals surface area contributed by atoms with Crippen LogP contribution in [0.25, 0.3) is 10.8 Å². The van der Waals surface area contributed by atoms with Gasteiger partial charge in [-0.25, -0.2) is 9.78 Å². The van der Waals surface area contributed by atoms with Crippen molar-refractivity contribution in [3.63, 3.8) is 0 Å². The van der Waals surface area contributed by atoms with Crippen LogP contribution < -0.4 is 10.1 Å². The summed E-state index contributed by atoms with van der Waals surface area (Å²) in [4.78, 5) is 26.8. The van der Waals surface area contributed by atoms with E-state index in [0.717, 1.165) is 16.3 Å². The van der Waals surface area contributed by atoms with E-state index >= 15 is 0 Å². The molecule has 1 amide bonds. The molecule has 120 valence electrons. The molecule has 0 saturated heterocycles. The highest BCUT2D eigenvalue weighted by atomic mass is 16.7. The highest BCUT2D eigenvalue weighted by Crippen LogP contribution is 2.19. The molecule has 3 aromatic rings. The number of hydrogen-bond donors (Lipinski definition) is 2. The summed E-state index contributed by atoms with van der Waals surface area (Å²) in [6.07, 6.45) is -0.156. The molecule has 2 aromatic carbocycles. The molecule has 0 aliphatic carbocycles. The maximum Gasteiger partial charge on any atom is 0.512 e. The van der Waals surface area contributed by atoms with Crippen molar-refractivity contribution >= 4 is 22.8 Å². The Labute approximate surface area is 137 Å². The molecule has 0 bridgehead atoms. The lowest BCUT2D eigenvalue weighted by Gasteiger charge is -2.10. The molecule has 6 nitrogen and oxygen atoms in total. The number of nitrogens with one attached hydrogen (secondary N) is 1. The highest BCUT2D eigenvalue weighted by molar-refractivity contribution is 5.97. The molecule has 0 fully saturated rings. The average molecular weight is 322 g/mol. The number of ether oxygens (including phenoxy) is 1. The third-order valence-corrected chi connectivity index (χ3v) is 3.52. The van der Waals surface area contributed by atoms with E-state index in [-0.39, 0.29) is 11.4 Å². The van der Waals surface area contributed by atoms with Crippen LogP contribution in [0.15, 0.2) is 60.8 Å². The van der Waals surface area contributed by atoms with Crippen molar-refractivity contribution < 1.29 is 19.4 Å². The lowest BCUT2D eigenvalue weighted by molar-refractivity contribution is 0.0946. The first-order valence-corrected chi connectivity index (χ1v) is 7.26. The van der Waals surface area contributed by atoms with E-state index in [1.165, 1.54) is 12.3 Å². The molecule has 0 aliphatic rings. The van der Waals surface area contributed by atoms with Crippen LogP contribution in [0, 0.1) is 0 Å². The SMILES string of the molecule is O=C(O)Oc1ncccc1C(=O)NCc1cccc2ccccc12. The number of aromatic nitrogens is 1. The standard InChI is InChI=1S/C18H14N2O4/c21-16(15-9-4-10-19-17(15)24-18(22)23)20-11-13-7-3-6-12-5-1-2-8-14(12)13/h1-10H,11H2,(H,20,21)(H,22,23). The number of carbonyl (C=O) groups excluding carboxylic acids is 1. The van der Waals surface area contributed by atoms with Crippen LogP contribution in [0.2, 0.25) is 0 Å². The van der Waals surface area contributed by atoms with Gasteiger partial charge in [-0.05, 0) is 28.5 Å². The smallest absolute Gasteiger partial charge is 0.449 e. The van der Waals surface area contributed by atoms with Crippen LogP contribution in [0.4, 0.5) is 4.79 Å². The zero-order valence-electron chi connectivity index (χ0n) is 12.6. The summed E-state index contributed by atoms with van der Waals surface area (Å²) in [7, 11) is 0. The maximum absolute atomic E-state index is 12.3. The lowest BCUT2D eigenvalue weighted by Crippen LogP contribution is -2.24. The van der Waals surface area contributed by atoms with Crippen molar-refractivity contribution in [2.24, 2.45) is 0 Å². The van der Waals surface area contributed by atoms with Gasteiger partial charge in [0.1, 0.15) is 5.56 Å². The summed E-state index contributed by atoms with van der Waals surface area (Å²) in [5.74, 6) is -0.687. The molecular formula is C18H14N2O4. The van der Waals surface area contributed by atoms with Gasteiger partial charge < -0.3 is 15.2 Å². The number of nitrogens with zero attached hydrogens (tertiary/aromatic N) is 1. The van der Waals surface area contributed by atoms with Gasteiger partial charge in [-0.15, -0.1) is 0 Å². The van der Waals surface area contributed by atoms with E-state index in [1.54, 1.807) is 6.07 Å². The minimum atomic E-state index is -1.52. The normalized spacial score (nSPS) is 10.3. The fraction of sp³-hybridized carbons (Fsp3) is 0.0556. The van der Waals surface area contributed by atoms with Crippen LogP contribution >= 0.6 is 0 Å². The molecule has 1 heterocycles. The Hall–Kier alpha value is -3.41. The third kappa shape index (κ3) is 3.33. The quantitative estimate of drug-likeness (QED) is 0.720. The fourth-order valence-corrected chi connectivity index (χ4v) is 2.45. The Morgan fingerprint density at radius 2 is 1.83 bits per heavy atom. The molecule has 3 rings (SSSR count). The summed E-state index contributed by atoms with van der Waals surface area (Å²) in [5.41, 5.74) is 1.03. The molecular weight excluding hydrogens is 308 g/mol. The topological polar surface area (TPSA) is 88.5 Å². The van der Waals surface area contributed by atoms with Gasteiger partial charge in [0.25, 0.3) is 5.91 Å². The summed E-state index contributed by atoms with van der Waals surface area (Å²) < 4.78 is 4.53. The molecule has 6 heteroatoms. The first-order valence-electron chi connectivity index (χ1n) is 7.26. The molecule has 0 saturated carbocycles. The number of benzene rings is 2. The first kappa shape index (κ1) is 15.5. The van der Waals surface area contributed by atoms with Gasteiger partial charge in [0.2, 0.25) is 5.88 Å². The number of carboxylic acid groups (broad SMARTS) is 1. The van der Waals surface area contributed by atoms with E-state index in [9.17, 15) is 9.59 Å². The summed E-state index contributed by atoms with van der Waals surface area (Å²) in [6, 6.07) is 16.7. The zero-order valence-corrected chi connectivity index (χ0v) is 12.6. The van der Waals surface area contributed by atoms with Crippen molar-refractivity contribution in [1.29, 1.82) is 0 Å². The minimum Gasteiger partial charge on any atom is -0.449 e. The third-order valence-electron chi connectivity index (χ3n) is 3.52. The number of carbonyl (C=O) groups is 2. The second-order valence-electron chi connectivity index (χ2n) is 5.05. The van der Waals surface area contributed by atoms with Crippen LogP contribution in [0.1, 0.15) is 15.9 Å². The molecule has 0 atom stereocenters. The second-order valence-corrected chi connectivity index (χ2v) is 5.05. The number of amides is 1. The van der Waals surface area contributed by atoms with Crippen LogP contribution in [0.5, 0.6) is 5.88 Å². The second kappa shape index (κ2) is 6.78. The number of pyridine rings is 1. The molecule has 1 aromatic heterocycles. The Balaban J connectivity index is 1.80. The Morgan fingerprint density at radius 1 is 1.04 bits per heavy atom. The van der Waals surface area contributed by atoms with Crippen LogP contribution in [-0.2, 0) is 6.54 Å². The summed E-state index contributed by atoms with van der Waals surface area (Å²) in [5, 5.41) is 13.6. The number of fused-ring (bicyclic) bond motifs is 1. The fourth-order valence-electron chi connectivity index (χ4n) is 2.45. The summed E-state index contributed by atoms with van der Waals surface area (Å²) >= 11 is 0. The molecule has 0 spiro atoms. The monoisotopic (exact) mass is 322 g/mol.